The second kappa shape index (κ2) is 5.71. The Bertz CT molecular complexity index is 287. The Hall–Kier alpha value is -0.393. The molecular formula is C13H28N2O2Si. The van der Waals surface area contributed by atoms with E-state index < -0.39 is 0 Å². The molecule has 1 amide bonds. The average Bonchev–Trinajstić information content (AvgIpc) is 2.25. The molecule has 2 N–H and O–H groups in total. The van der Waals surface area contributed by atoms with Crippen LogP contribution in [0.2, 0.25) is 6.04 Å². The molecule has 18 heavy (non-hydrogen) atoms. The Balaban J connectivity index is 2.65. The molecule has 106 valence electrons. The number of carbonyl (C=O) groups is 1. The van der Waals surface area contributed by atoms with Gasteiger partial charge in [0.05, 0.1) is 0 Å². The van der Waals surface area contributed by atoms with E-state index in [0.29, 0.717) is 12.8 Å². The van der Waals surface area contributed by atoms with Gasteiger partial charge in [-0.15, -0.1) is 0 Å². The molecule has 0 bridgehead atoms. The topological polar surface area (TPSA) is 52.6 Å². The van der Waals surface area contributed by atoms with Crippen LogP contribution in [-0.4, -0.2) is 44.0 Å². The minimum atomic E-state index is -0.346. The molecule has 1 heterocycles. The number of carbonyl (C=O) groups excluding carboxylic acids is 1. The van der Waals surface area contributed by atoms with Crippen LogP contribution in [0.3, 0.4) is 0 Å². The first-order valence-corrected chi connectivity index (χ1v) is 8.39. The first kappa shape index (κ1) is 15.7. The molecule has 0 aliphatic carbocycles. The van der Waals surface area contributed by atoms with Crippen LogP contribution in [0.1, 0.15) is 47.0 Å². The van der Waals surface area contributed by atoms with Crippen molar-refractivity contribution in [2.24, 2.45) is 5.92 Å². The lowest BCUT2D eigenvalue weighted by molar-refractivity contribution is -0.249. The summed E-state index contributed by atoms with van der Waals surface area (Å²) in [7, 11) is 1.20. The van der Waals surface area contributed by atoms with Gasteiger partial charge in [0.2, 0.25) is 5.91 Å². The third-order valence-electron chi connectivity index (χ3n) is 3.84. The smallest absolute Gasteiger partial charge is 0.223 e. The molecule has 1 saturated heterocycles. The fourth-order valence-electron chi connectivity index (χ4n) is 2.99. The summed E-state index contributed by atoms with van der Waals surface area (Å²) in [6, 6.07) is 1.23. The van der Waals surface area contributed by atoms with Gasteiger partial charge in [0.1, 0.15) is 0 Å². The van der Waals surface area contributed by atoms with Gasteiger partial charge in [0.15, 0.2) is 0 Å². The summed E-state index contributed by atoms with van der Waals surface area (Å²) in [5.74, 6) is 0.159. The molecule has 4 nitrogen and oxygen atoms in total. The fourth-order valence-corrected chi connectivity index (χ4v) is 3.34. The summed E-state index contributed by atoms with van der Waals surface area (Å²) in [4.78, 5) is 12.2. The zero-order chi connectivity index (χ0) is 14.0. The first-order chi connectivity index (χ1) is 8.20. The maximum Gasteiger partial charge on any atom is 0.223 e. The Kier molecular flexibility index (Phi) is 4.97. The lowest BCUT2D eigenvalue weighted by Crippen LogP contribution is -2.60. The Morgan fingerprint density at radius 2 is 1.83 bits per heavy atom. The van der Waals surface area contributed by atoms with Crippen LogP contribution >= 0.6 is 0 Å². The molecule has 1 fully saturated rings. The summed E-state index contributed by atoms with van der Waals surface area (Å²) in [5.41, 5.74) is -0.692. The van der Waals surface area contributed by atoms with Gasteiger partial charge in [-0.2, -0.15) is 5.06 Å². The highest BCUT2D eigenvalue weighted by Crippen LogP contribution is 2.39. The van der Waals surface area contributed by atoms with Crippen molar-refractivity contribution in [3.8, 4) is 0 Å². The summed E-state index contributed by atoms with van der Waals surface area (Å²) in [6.45, 7) is 8.76. The van der Waals surface area contributed by atoms with Crippen molar-refractivity contribution in [1.82, 2.24) is 10.4 Å². The maximum absolute atomic E-state index is 12.2. The van der Waals surface area contributed by atoms with Crippen LogP contribution < -0.4 is 5.32 Å². The number of nitrogens with zero attached hydrogens (tertiary/aromatic N) is 1. The average molecular weight is 272 g/mol. The van der Waals surface area contributed by atoms with E-state index in [1.54, 1.807) is 0 Å². The number of piperidine rings is 1. The molecule has 1 rings (SSSR count). The van der Waals surface area contributed by atoms with E-state index in [-0.39, 0.29) is 22.9 Å². The third kappa shape index (κ3) is 3.55. The highest BCUT2D eigenvalue weighted by Gasteiger charge is 2.46. The van der Waals surface area contributed by atoms with Crippen molar-refractivity contribution < 1.29 is 10.0 Å². The number of hydrogen-bond acceptors (Lipinski definition) is 3. The quantitative estimate of drug-likeness (QED) is 0.591. The van der Waals surface area contributed by atoms with Gasteiger partial charge < -0.3 is 10.5 Å². The molecule has 0 atom stereocenters. The monoisotopic (exact) mass is 272 g/mol. The van der Waals surface area contributed by atoms with Crippen LogP contribution in [0.5, 0.6) is 0 Å². The molecule has 0 aromatic heterocycles. The summed E-state index contributed by atoms with van der Waals surface area (Å²) < 4.78 is 0. The van der Waals surface area contributed by atoms with Gasteiger partial charge in [-0.25, -0.2) is 0 Å². The van der Waals surface area contributed by atoms with Crippen molar-refractivity contribution >= 4 is 16.1 Å². The van der Waals surface area contributed by atoms with Crippen molar-refractivity contribution in [2.45, 2.75) is 64.1 Å². The zero-order valence-electron chi connectivity index (χ0n) is 12.4. The van der Waals surface area contributed by atoms with E-state index >= 15 is 0 Å². The highest BCUT2D eigenvalue weighted by atomic mass is 28.1. The molecule has 0 spiro atoms. The standard InChI is InChI=1S/C13H28N2O2Si/c1-12(2)8-10(9-13(3,4)15(12)17)11(16)14-6-5-7-18/h10,17H,5-9H2,1-4,18H3,(H,14,16). The SMILES string of the molecule is CC1(C)CC(C(=O)NCCC[SiH3])CC(C)(C)N1O. The largest absolute Gasteiger partial charge is 0.356 e. The Morgan fingerprint density at radius 3 is 2.28 bits per heavy atom. The third-order valence-corrected chi connectivity index (χ3v) is 4.55. The van der Waals surface area contributed by atoms with Crippen molar-refractivity contribution in [3.63, 3.8) is 0 Å². The predicted molar refractivity (Wildman–Crippen MR) is 76.9 cm³/mol. The van der Waals surface area contributed by atoms with E-state index in [1.807, 2.05) is 27.7 Å². The van der Waals surface area contributed by atoms with Crippen molar-refractivity contribution in [2.75, 3.05) is 6.54 Å². The first-order valence-electron chi connectivity index (χ1n) is 6.97. The highest BCUT2D eigenvalue weighted by molar-refractivity contribution is 6.08. The van der Waals surface area contributed by atoms with Crippen LogP contribution in [-0.2, 0) is 4.79 Å². The van der Waals surface area contributed by atoms with Gasteiger partial charge in [-0.05, 0) is 47.0 Å². The molecule has 0 aromatic rings. The van der Waals surface area contributed by atoms with Gasteiger partial charge in [-0.3, -0.25) is 4.79 Å². The molecule has 1 aliphatic heterocycles. The summed E-state index contributed by atoms with van der Waals surface area (Å²) in [6.07, 6.45) is 2.50. The molecule has 0 unspecified atom stereocenters. The Labute approximate surface area is 114 Å². The lowest BCUT2D eigenvalue weighted by Gasteiger charge is -2.51. The van der Waals surface area contributed by atoms with E-state index in [1.165, 1.54) is 21.3 Å². The van der Waals surface area contributed by atoms with Gasteiger partial charge >= 0.3 is 0 Å². The minimum absolute atomic E-state index is 0.00695. The normalized spacial score (nSPS) is 24.1. The molecule has 5 heteroatoms. The minimum Gasteiger partial charge on any atom is -0.356 e. The molecule has 0 saturated carbocycles. The van der Waals surface area contributed by atoms with Crippen LogP contribution in [0.4, 0.5) is 0 Å². The van der Waals surface area contributed by atoms with Gasteiger partial charge in [-0.1, -0.05) is 6.04 Å². The Morgan fingerprint density at radius 1 is 1.33 bits per heavy atom. The molecule has 1 aliphatic rings. The second-order valence-corrected chi connectivity index (χ2v) is 7.69. The number of hydroxylamine groups is 2. The molecule has 0 aromatic carbocycles. The van der Waals surface area contributed by atoms with Gasteiger partial charge in [0, 0.05) is 33.8 Å². The van der Waals surface area contributed by atoms with Crippen LogP contribution in [0.15, 0.2) is 0 Å². The molecule has 0 radical (unpaired) electrons. The van der Waals surface area contributed by atoms with E-state index in [4.69, 9.17) is 0 Å². The summed E-state index contributed by atoms with van der Waals surface area (Å²) >= 11 is 0. The molecular weight excluding hydrogens is 244 g/mol. The number of hydrogen-bond donors (Lipinski definition) is 2. The van der Waals surface area contributed by atoms with Crippen molar-refractivity contribution in [1.29, 1.82) is 0 Å². The summed E-state index contributed by atoms with van der Waals surface area (Å²) in [5, 5.41) is 14.6. The lowest BCUT2D eigenvalue weighted by atomic mass is 9.75. The van der Waals surface area contributed by atoms with Crippen LogP contribution in [0, 0.1) is 5.92 Å². The second-order valence-electron chi connectivity index (χ2n) is 6.69. The number of rotatable bonds is 4. The van der Waals surface area contributed by atoms with E-state index in [2.05, 4.69) is 5.32 Å². The van der Waals surface area contributed by atoms with E-state index in [9.17, 15) is 10.0 Å². The van der Waals surface area contributed by atoms with Crippen LogP contribution in [0.25, 0.3) is 0 Å². The number of amides is 1. The maximum atomic E-state index is 12.2. The number of nitrogens with one attached hydrogen (secondary N) is 1. The predicted octanol–water partition coefficient (Wildman–Crippen LogP) is 0.935. The fraction of sp³-hybridized carbons (Fsp3) is 0.923. The van der Waals surface area contributed by atoms with E-state index in [0.717, 1.165) is 13.0 Å². The zero-order valence-corrected chi connectivity index (χ0v) is 14.4. The van der Waals surface area contributed by atoms with Crippen molar-refractivity contribution in [3.05, 3.63) is 0 Å². The van der Waals surface area contributed by atoms with Gasteiger partial charge in [0.25, 0.3) is 0 Å².